The summed E-state index contributed by atoms with van der Waals surface area (Å²) in [7, 11) is 1.93. The van der Waals surface area contributed by atoms with Gasteiger partial charge in [-0.2, -0.15) is 0 Å². The number of aliphatic hydroxyl groups excluding tert-OH is 1. The van der Waals surface area contributed by atoms with E-state index in [0.29, 0.717) is 38.8 Å². The Kier molecular flexibility index (Phi) is 5.46. The van der Waals surface area contributed by atoms with E-state index in [4.69, 9.17) is 18.9 Å². The minimum Gasteiger partial charge on any atom is -0.392 e. The molecular formula is C30H43NO6. The van der Waals surface area contributed by atoms with Crippen LogP contribution in [0.4, 0.5) is 5.69 Å². The van der Waals surface area contributed by atoms with Gasteiger partial charge in [-0.3, -0.25) is 0 Å². The molecule has 8 atom stereocenters. The molecule has 1 aromatic rings. The smallest absolute Gasteiger partial charge is 0.176 e. The highest BCUT2D eigenvalue weighted by atomic mass is 16.7. The molecule has 4 saturated carbocycles. The summed E-state index contributed by atoms with van der Waals surface area (Å²) in [5.41, 5.74) is 0.426. The minimum atomic E-state index is -0.899. The van der Waals surface area contributed by atoms with Gasteiger partial charge >= 0.3 is 0 Å². The van der Waals surface area contributed by atoms with E-state index in [0.717, 1.165) is 49.8 Å². The van der Waals surface area contributed by atoms with Crippen LogP contribution in [-0.2, 0) is 18.9 Å². The van der Waals surface area contributed by atoms with Crippen molar-refractivity contribution in [3.05, 3.63) is 29.8 Å². The van der Waals surface area contributed by atoms with E-state index in [2.05, 4.69) is 43.4 Å². The number of ether oxygens (including phenoxy) is 4. The Labute approximate surface area is 220 Å². The Morgan fingerprint density at radius 2 is 1.54 bits per heavy atom. The quantitative estimate of drug-likeness (QED) is 0.550. The van der Waals surface area contributed by atoms with Crippen molar-refractivity contribution in [2.45, 2.75) is 88.0 Å². The van der Waals surface area contributed by atoms with Crippen LogP contribution in [0.3, 0.4) is 0 Å². The van der Waals surface area contributed by atoms with Gasteiger partial charge < -0.3 is 34.5 Å². The third-order valence-electron chi connectivity index (χ3n) is 12.1. The van der Waals surface area contributed by atoms with Crippen LogP contribution in [0.1, 0.15) is 70.3 Å². The molecular weight excluding hydrogens is 470 g/mol. The topological polar surface area (TPSA) is 89.4 Å². The molecule has 0 aromatic heterocycles. The fourth-order valence-electron chi connectivity index (χ4n) is 10.2. The number of nitrogens with one attached hydrogen (secondary N) is 1. The van der Waals surface area contributed by atoms with Crippen LogP contribution < -0.4 is 5.32 Å². The first-order valence-electron chi connectivity index (χ1n) is 14.5. The second-order valence-corrected chi connectivity index (χ2v) is 13.2. The number of aliphatic hydroxyl groups is 2. The molecule has 7 rings (SSSR count). The van der Waals surface area contributed by atoms with E-state index in [-0.39, 0.29) is 23.2 Å². The number of hydrogen-bond donors (Lipinski definition) is 3. The first-order valence-corrected chi connectivity index (χ1v) is 14.5. The average Bonchev–Trinajstić information content (AvgIpc) is 3.63. The van der Waals surface area contributed by atoms with E-state index in [1.807, 2.05) is 7.05 Å². The Morgan fingerprint density at radius 1 is 0.865 bits per heavy atom. The van der Waals surface area contributed by atoms with Gasteiger partial charge in [0.2, 0.25) is 0 Å². The largest absolute Gasteiger partial charge is 0.392 e. The Hall–Kier alpha value is -1.22. The molecule has 6 fully saturated rings. The Morgan fingerprint density at radius 3 is 2.22 bits per heavy atom. The predicted octanol–water partition coefficient (Wildman–Crippen LogP) is 4.04. The second kappa shape index (κ2) is 8.15. The summed E-state index contributed by atoms with van der Waals surface area (Å²) in [6.45, 7) is 6.89. The van der Waals surface area contributed by atoms with Crippen LogP contribution in [0, 0.1) is 28.6 Å². The lowest BCUT2D eigenvalue weighted by Crippen LogP contribution is -2.70. The van der Waals surface area contributed by atoms with Crippen molar-refractivity contribution in [2.24, 2.45) is 28.6 Å². The predicted molar refractivity (Wildman–Crippen MR) is 138 cm³/mol. The molecule has 6 aliphatic rings. The summed E-state index contributed by atoms with van der Waals surface area (Å²) >= 11 is 0. The summed E-state index contributed by atoms with van der Waals surface area (Å²) in [4.78, 5) is 0. The highest BCUT2D eigenvalue weighted by Crippen LogP contribution is 2.73. The van der Waals surface area contributed by atoms with Crippen molar-refractivity contribution in [3.63, 3.8) is 0 Å². The van der Waals surface area contributed by atoms with Crippen molar-refractivity contribution in [2.75, 3.05) is 38.8 Å². The summed E-state index contributed by atoms with van der Waals surface area (Å²) in [6.07, 6.45) is 4.96. The normalized spacial score (nSPS) is 47.5. The third-order valence-corrected chi connectivity index (χ3v) is 12.1. The molecule has 4 aliphatic carbocycles. The van der Waals surface area contributed by atoms with Crippen LogP contribution in [0.2, 0.25) is 0 Å². The number of benzene rings is 1. The molecule has 0 amide bonds. The van der Waals surface area contributed by atoms with E-state index < -0.39 is 28.7 Å². The number of fused-ring (bicyclic) bond motifs is 6. The molecule has 2 spiro atoms. The average molecular weight is 514 g/mol. The van der Waals surface area contributed by atoms with Gasteiger partial charge in [0.25, 0.3) is 0 Å². The molecule has 37 heavy (non-hydrogen) atoms. The van der Waals surface area contributed by atoms with Gasteiger partial charge in [-0.1, -0.05) is 26.0 Å². The van der Waals surface area contributed by atoms with E-state index in [9.17, 15) is 10.2 Å². The molecule has 3 N–H and O–H groups in total. The lowest BCUT2D eigenvalue weighted by molar-refractivity contribution is -0.314. The molecule has 1 aromatic carbocycles. The zero-order valence-corrected chi connectivity index (χ0v) is 22.5. The monoisotopic (exact) mass is 513 g/mol. The first-order chi connectivity index (χ1) is 17.7. The molecule has 7 nitrogen and oxygen atoms in total. The van der Waals surface area contributed by atoms with Crippen molar-refractivity contribution in [1.82, 2.24) is 0 Å². The standard InChI is InChI=1S/C30H43NO6/c1-26-12-13-29(34-14-15-35-29)18-28(26,33)10-8-21-22-9-11-30(36-16-17-37-30)27(22,2)25(32)23(24(21)26)19-4-6-20(31-3)7-5-19/h4-7,21-25,31-33H,8-18H2,1-3H3/t21-,22-,23?,24+,25-,26+,27+,28+/m0/s1. The summed E-state index contributed by atoms with van der Waals surface area (Å²) in [5.74, 6) is -0.710. The van der Waals surface area contributed by atoms with Crippen LogP contribution in [0.15, 0.2) is 24.3 Å². The van der Waals surface area contributed by atoms with Gasteiger partial charge in [-0.15, -0.1) is 0 Å². The minimum absolute atomic E-state index is 0.128. The Balaban J connectivity index is 1.35. The molecule has 2 heterocycles. The highest BCUT2D eigenvalue weighted by molar-refractivity contribution is 5.45. The molecule has 2 aliphatic heterocycles. The van der Waals surface area contributed by atoms with Gasteiger partial charge in [0.1, 0.15) is 0 Å². The Bertz CT molecular complexity index is 1040. The van der Waals surface area contributed by atoms with Crippen molar-refractivity contribution < 1.29 is 29.2 Å². The van der Waals surface area contributed by atoms with Gasteiger partial charge in [-0.05, 0) is 61.1 Å². The van der Waals surface area contributed by atoms with Crippen LogP contribution >= 0.6 is 0 Å². The lowest BCUT2D eigenvalue weighted by Gasteiger charge is -2.68. The van der Waals surface area contributed by atoms with Gasteiger partial charge in [0.15, 0.2) is 11.6 Å². The zero-order valence-electron chi connectivity index (χ0n) is 22.5. The molecule has 7 heteroatoms. The van der Waals surface area contributed by atoms with Gasteiger partial charge in [0, 0.05) is 43.3 Å². The first kappa shape index (κ1) is 24.8. The van der Waals surface area contributed by atoms with Crippen molar-refractivity contribution >= 4 is 5.69 Å². The van der Waals surface area contributed by atoms with Gasteiger partial charge in [0.05, 0.1) is 43.5 Å². The van der Waals surface area contributed by atoms with E-state index in [1.54, 1.807) is 0 Å². The molecule has 204 valence electrons. The fourth-order valence-corrected chi connectivity index (χ4v) is 10.2. The summed E-state index contributed by atoms with van der Waals surface area (Å²) in [6, 6.07) is 8.55. The second-order valence-electron chi connectivity index (χ2n) is 13.2. The molecule has 0 bridgehead atoms. The molecule has 2 saturated heterocycles. The maximum Gasteiger partial charge on any atom is 0.176 e. The maximum absolute atomic E-state index is 12.5. The molecule has 1 unspecified atom stereocenters. The number of anilines is 1. The van der Waals surface area contributed by atoms with E-state index in [1.165, 1.54) is 0 Å². The zero-order chi connectivity index (χ0) is 25.7. The highest BCUT2D eigenvalue weighted by Gasteiger charge is 2.75. The van der Waals surface area contributed by atoms with Crippen LogP contribution in [0.5, 0.6) is 0 Å². The van der Waals surface area contributed by atoms with E-state index >= 15 is 0 Å². The van der Waals surface area contributed by atoms with Crippen molar-refractivity contribution in [3.8, 4) is 0 Å². The lowest BCUT2D eigenvalue weighted by atomic mass is 9.39. The summed E-state index contributed by atoms with van der Waals surface area (Å²) < 4.78 is 25.0. The van der Waals surface area contributed by atoms with Crippen LogP contribution in [-0.4, -0.2) is 67.0 Å². The third kappa shape index (κ3) is 3.10. The molecule has 0 radical (unpaired) electrons. The van der Waals surface area contributed by atoms with Crippen LogP contribution in [0.25, 0.3) is 0 Å². The van der Waals surface area contributed by atoms with Crippen molar-refractivity contribution in [1.29, 1.82) is 0 Å². The maximum atomic E-state index is 12.5. The fraction of sp³-hybridized carbons (Fsp3) is 0.800. The van der Waals surface area contributed by atoms with Gasteiger partial charge in [-0.25, -0.2) is 0 Å². The number of hydrogen-bond acceptors (Lipinski definition) is 7. The summed E-state index contributed by atoms with van der Waals surface area (Å²) in [5, 5.41) is 28.2. The SMILES string of the molecule is CNc1ccc(C2[C@H](O)[C@@]3(C)[C@@H](CCC34OCCO4)[C@@H]3CC[C@@]4(O)CC5(CC[C@]4(C)[C@@H]23)OCCO5)cc1. The number of rotatable bonds is 2.